The summed E-state index contributed by atoms with van der Waals surface area (Å²) in [5, 5.41) is 5.49. The lowest BCUT2D eigenvalue weighted by molar-refractivity contribution is -0.154. The Bertz CT molecular complexity index is 909. The number of hydrogen-bond acceptors (Lipinski definition) is 4. The topological polar surface area (TPSA) is 84.5 Å². The SMILES string of the molecule is Cc1cccc(C(=O)NCC(=O)O[C@@H](C)C(=O)N[C@H]2CCCc3ccccc32)c1. The van der Waals surface area contributed by atoms with Gasteiger partial charge in [-0.15, -0.1) is 0 Å². The van der Waals surface area contributed by atoms with Crippen LogP contribution in [0.4, 0.5) is 0 Å². The fraction of sp³-hybridized carbons (Fsp3) is 0.348. The summed E-state index contributed by atoms with van der Waals surface area (Å²) in [5.74, 6) is -1.36. The van der Waals surface area contributed by atoms with Crippen LogP contribution in [-0.2, 0) is 20.7 Å². The maximum atomic E-state index is 12.5. The van der Waals surface area contributed by atoms with Gasteiger partial charge in [0.25, 0.3) is 11.8 Å². The number of aryl methyl sites for hydroxylation is 2. The van der Waals surface area contributed by atoms with Gasteiger partial charge in [0.05, 0.1) is 6.04 Å². The third kappa shape index (κ3) is 5.44. The van der Waals surface area contributed by atoms with Crippen LogP contribution in [0.15, 0.2) is 48.5 Å². The van der Waals surface area contributed by atoms with Crippen molar-refractivity contribution in [3.63, 3.8) is 0 Å². The van der Waals surface area contributed by atoms with E-state index in [4.69, 9.17) is 4.74 Å². The van der Waals surface area contributed by atoms with Crippen LogP contribution in [0.25, 0.3) is 0 Å². The normalized spacial score (nSPS) is 16.3. The van der Waals surface area contributed by atoms with Gasteiger partial charge in [0.1, 0.15) is 6.54 Å². The van der Waals surface area contributed by atoms with Gasteiger partial charge in [-0.25, -0.2) is 0 Å². The van der Waals surface area contributed by atoms with Gasteiger partial charge in [-0.05, 0) is 56.4 Å². The first-order chi connectivity index (χ1) is 13.9. The van der Waals surface area contributed by atoms with Crippen LogP contribution >= 0.6 is 0 Å². The van der Waals surface area contributed by atoms with Crippen molar-refractivity contribution in [1.82, 2.24) is 10.6 Å². The molecule has 1 aliphatic carbocycles. The number of fused-ring (bicyclic) bond motifs is 1. The quantitative estimate of drug-likeness (QED) is 0.738. The molecular weight excluding hydrogens is 368 g/mol. The van der Waals surface area contributed by atoms with E-state index >= 15 is 0 Å². The zero-order chi connectivity index (χ0) is 20.8. The molecule has 0 bridgehead atoms. The Balaban J connectivity index is 1.48. The van der Waals surface area contributed by atoms with Crippen LogP contribution in [0.3, 0.4) is 0 Å². The maximum absolute atomic E-state index is 12.5. The average molecular weight is 394 g/mol. The second-order valence-corrected chi connectivity index (χ2v) is 7.34. The van der Waals surface area contributed by atoms with Gasteiger partial charge in [-0.2, -0.15) is 0 Å². The van der Waals surface area contributed by atoms with Crippen LogP contribution in [0.1, 0.15) is 52.9 Å². The van der Waals surface area contributed by atoms with Gasteiger partial charge in [-0.3, -0.25) is 14.4 Å². The molecule has 2 aromatic carbocycles. The first kappa shape index (κ1) is 20.6. The van der Waals surface area contributed by atoms with Gasteiger partial charge in [0, 0.05) is 5.56 Å². The van der Waals surface area contributed by atoms with E-state index in [2.05, 4.69) is 16.7 Å². The van der Waals surface area contributed by atoms with E-state index in [-0.39, 0.29) is 24.4 Å². The minimum Gasteiger partial charge on any atom is -0.451 e. The molecule has 6 nitrogen and oxygen atoms in total. The van der Waals surface area contributed by atoms with Crippen molar-refractivity contribution in [3.05, 3.63) is 70.8 Å². The zero-order valence-corrected chi connectivity index (χ0v) is 16.7. The molecule has 2 atom stereocenters. The molecule has 0 heterocycles. The lowest BCUT2D eigenvalue weighted by Crippen LogP contribution is -2.41. The molecule has 2 amide bonds. The maximum Gasteiger partial charge on any atom is 0.326 e. The molecule has 0 unspecified atom stereocenters. The number of esters is 1. The average Bonchev–Trinajstić information content (AvgIpc) is 2.72. The number of benzene rings is 2. The fourth-order valence-corrected chi connectivity index (χ4v) is 3.53. The van der Waals surface area contributed by atoms with Gasteiger partial charge in [0.15, 0.2) is 6.10 Å². The molecule has 2 N–H and O–H groups in total. The highest BCUT2D eigenvalue weighted by molar-refractivity contribution is 5.96. The van der Waals surface area contributed by atoms with Crippen LogP contribution in [0, 0.1) is 6.92 Å². The first-order valence-electron chi connectivity index (χ1n) is 9.86. The van der Waals surface area contributed by atoms with Crippen molar-refractivity contribution >= 4 is 17.8 Å². The predicted octanol–water partition coefficient (Wildman–Crippen LogP) is 2.85. The van der Waals surface area contributed by atoms with E-state index in [9.17, 15) is 14.4 Å². The summed E-state index contributed by atoms with van der Waals surface area (Å²) < 4.78 is 5.19. The zero-order valence-electron chi connectivity index (χ0n) is 16.7. The van der Waals surface area contributed by atoms with Crippen LogP contribution in [0.2, 0.25) is 0 Å². The van der Waals surface area contributed by atoms with E-state index in [1.54, 1.807) is 18.2 Å². The minimum atomic E-state index is -0.938. The third-order valence-corrected chi connectivity index (χ3v) is 5.04. The standard InChI is InChI=1S/C23H26N2O4/c1-15-7-5-10-18(13-15)23(28)24-14-21(26)29-16(2)22(27)25-20-12-6-9-17-8-3-4-11-19(17)20/h3-5,7-8,10-11,13,16,20H,6,9,12,14H2,1-2H3,(H,24,28)(H,25,27)/t16-,20-/m0/s1. The molecule has 0 aromatic heterocycles. The Hall–Kier alpha value is -3.15. The number of nitrogens with one attached hydrogen (secondary N) is 2. The van der Waals surface area contributed by atoms with Crippen LogP contribution < -0.4 is 10.6 Å². The molecule has 3 rings (SSSR count). The van der Waals surface area contributed by atoms with E-state index in [0.717, 1.165) is 30.4 Å². The van der Waals surface area contributed by atoms with E-state index in [1.165, 1.54) is 12.5 Å². The third-order valence-electron chi connectivity index (χ3n) is 5.04. The summed E-state index contributed by atoms with van der Waals surface area (Å²) in [6, 6.07) is 15.1. The van der Waals surface area contributed by atoms with Gasteiger partial charge < -0.3 is 15.4 Å². The lowest BCUT2D eigenvalue weighted by atomic mass is 9.87. The largest absolute Gasteiger partial charge is 0.451 e. The van der Waals surface area contributed by atoms with Crippen molar-refractivity contribution in [2.45, 2.75) is 45.3 Å². The predicted molar refractivity (Wildman–Crippen MR) is 109 cm³/mol. The summed E-state index contributed by atoms with van der Waals surface area (Å²) >= 11 is 0. The van der Waals surface area contributed by atoms with Crippen LogP contribution in [0.5, 0.6) is 0 Å². The molecule has 0 spiro atoms. The Morgan fingerprint density at radius 1 is 1.14 bits per heavy atom. The molecular formula is C23H26N2O4. The summed E-state index contributed by atoms with van der Waals surface area (Å²) in [5.41, 5.74) is 3.79. The highest BCUT2D eigenvalue weighted by Crippen LogP contribution is 2.29. The van der Waals surface area contributed by atoms with Crippen molar-refractivity contribution in [1.29, 1.82) is 0 Å². The minimum absolute atomic E-state index is 0.0744. The van der Waals surface area contributed by atoms with Crippen molar-refractivity contribution < 1.29 is 19.1 Å². The van der Waals surface area contributed by atoms with Gasteiger partial charge in [0.2, 0.25) is 0 Å². The highest BCUT2D eigenvalue weighted by atomic mass is 16.5. The Morgan fingerprint density at radius 2 is 1.93 bits per heavy atom. The molecule has 152 valence electrons. The Morgan fingerprint density at radius 3 is 2.72 bits per heavy atom. The number of carbonyl (C=O) groups excluding carboxylic acids is 3. The molecule has 0 saturated heterocycles. The smallest absolute Gasteiger partial charge is 0.326 e. The van der Waals surface area contributed by atoms with Crippen molar-refractivity contribution in [2.24, 2.45) is 0 Å². The number of rotatable bonds is 6. The molecule has 2 aromatic rings. The van der Waals surface area contributed by atoms with Gasteiger partial charge >= 0.3 is 5.97 Å². The highest BCUT2D eigenvalue weighted by Gasteiger charge is 2.25. The molecule has 0 saturated carbocycles. The molecule has 0 fully saturated rings. The van der Waals surface area contributed by atoms with Gasteiger partial charge in [-0.1, -0.05) is 42.0 Å². The summed E-state index contributed by atoms with van der Waals surface area (Å²) in [4.78, 5) is 36.6. The molecule has 0 radical (unpaired) electrons. The Labute approximate surface area is 170 Å². The second kappa shape index (κ2) is 9.37. The first-order valence-corrected chi connectivity index (χ1v) is 9.86. The van der Waals surface area contributed by atoms with Crippen molar-refractivity contribution in [3.8, 4) is 0 Å². The van der Waals surface area contributed by atoms with Crippen molar-refractivity contribution in [2.75, 3.05) is 6.54 Å². The Kier molecular flexibility index (Phi) is 6.65. The van der Waals surface area contributed by atoms with E-state index < -0.39 is 12.1 Å². The molecule has 6 heteroatoms. The number of ether oxygens (including phenoxy) is 1. The summed E-state index contributed by atoms with van der Waals surface area (Å²) in [6.45, 7) is 3.12. The fourth-order valence-electron chi connectivity index (χ4n) is 3.53. The van der Waals surface area contributed by atoms with Crippen LogP contribution in [-0.4, -0.2) is 30.4 Å². The van der Waals surface area contributed by atoms with E-state index in [0.29, 0.717) is 5.56 Å². The molecule has 29 heavy (non-hydrogen) atoms. The van der Waals surface area contributed by atoms with E-state index in [1.807, 2.05) is 31.2 Å². The second-order valence-electron chi connectivity index (χ2n) is 7.34. The number of carbonyl (C=O) groups is 3. The summed E-state index contributed by atoms with van der Waals surface area (Å²) in [7, 11) is 0. The number of hydrogen-bond donors (Lipinski definition) is 2. The number of amides is 2. The monoisotopic (exact) mass is 394 g/mol. The summed E-state index contributed by atoms with van der Waals surface area (Å²) in [6.07, 6.45) is 1.93. The molecule has 0 aliphatic heterocycles. The lowest BCUT2D eigenvalue weighted by Gasteiger charge is -2.27. The molecule has 1 aliphatic rings.